The number of hydrogen-bond acceptors (Lipinski definition) is 5. The molecule has 0 fully saturated rings. The molecular formula is C20H17N3O2. The third kappa shape index (κ3) is 2.19. The summed E-state index contributed by atoms with van der Waals surface area (Å²) in [6.07, 6.45) is 3.68. The van der Waals surface area contributed by atoms with E-state index in [4.69, 9.17) is 4.42 Å². The summed E-state index contributed by atoms with van der Waals surface area (Å²) in [7, 11) is 0. The van der Waals surface area contributed by atoms with Crippen LogP contribution in [-0.4, -0.2) is 24.3 Å². The van der Waals surface area contributed by atoms with Gasteiger partial charge in [0.05, 0.1) is 23.0 Å². The van der Waals surface area contributed by atoms with E-state index in [0.29, 0.717) is 22.1 Å². The van der Waals surface area contributed by atoms with Gasteiger partial charge in [0, 0.05) is 24.0 Å². The highest BCUT2D eigenvalue weighted by Gasteiger charge is 2.22. The van der Waals surface area contributed by atoms with Gasteiger partial charge in [-0.15, -0.1) is 0 Å². The lowest BCUT2D eigenvalue weighted by Crippen LogP contribution is -2.21. The van der Waals surface area contributed by atoms with Crippen molar-refractivity contribution < 1.29 is 4.42 Å². The molecule has 0 saturated heterocycles. The second-order valence-corrected chi connectivity index (χ2v) is 6.63. The molecule has 0 saturated carbocycles. The van der Waals surface area contributed by atoms with Crippen LogP contribution in [0.4, 0.5) is 0 Å². The fraction of sp³-hybridized carbons (Fsp3) is 0.250. The molecule has 5 nitrogen and oxygen atoms in total. The van der Waals surface area contributed by atoms with Gasteiger partial charge in [0.1, 0.15) is 5.58 Å². The van der Waals surface area contributed by atoms with E-state index >= 15 is 0 Å². The maximum atomic E-state index is 13.0. The van der Waals surface area contributed by atoms with Gasteiger partial charge < -0.3 is 9.73 Å². The first-order valence-corrected chi connectivity index (χ1v) is 8.55. The molecule has 3 heterocycles. The van der Waals surface area contributed by atoms with Gasteiger partial charge in [0.15, 0.2) is 0 Å². The highest BCUT2D eigenvalue weighted by Crippen LogP contribution is 2.31. The molecule has 25 heavy (non-hydrogen) atoms. The lowest BCUT2D eigenvalue weighted by atomic mass is 9.92. The molecule has 124 valence electrons. The fourth-order valence-electron chi connectivity index (χ4n) is 3.65. The summed E-state index contributed by atoms with van der Waals surface area (Å²) in [6.45, 7) is 3.52. The van der Waals surface area contributed by atoms with Crippen molar-refractivity contribution in [3.05, 3.63) is 56.9 Å². The van der Waals surface area contributed by atoms with Gasteiger partial charge in [-0.1, -0.05) is 11.6 Å². The number of benzene rings is 1. The lowest BCUT2D eigenvalue weighted by molar-refractivity contribution is 0.640. The molecule has 0 amide bonds. The van der Waals surface area contributed by atoms with E-state index in [1.165, 1.54) is 5.57 Å². The van der Waals surface area contributed by atoms with E-state index in [1.54, 1.807) is 0 Å². The van der Waals surface area contributed by atoms with Gasteiger partial charge in [-0.25, -0.2) is 4.98 Å². The van der Waals surface area contributed by atoms with E-state index in [0.717, 1.165) is 48.4 Å². The van der Waals surface area contributed by atoms with E-state index < -0.39 is 0 Å². The minimum Gasteiger partial charge on any atom is -0.437 e. The summed E-state index contributed by atoms with van der Waals surface area (Å²) in [5.74, 6) is 0. The van der Waals surface area contributed by atoms with E-state index in [1.807, 2.05) is 37.4 Å². The largest absolute Gasteiger partial charge is 0.437 e. The van der Waals surface area contributed by atoms with Crippen molar-refractivity contribution >= 4 is 34.0 Å². The van der Waals surface area contributed by atoms with Crippen LogP contribution in [-0.2, 0) is 6.42 Å². The van der Waals surface area contributed by atoms with Gasteiger partial charge >= 0.3 is 0 Å². The van der Waals surface area contributed by atoms with Crippen LogP contribution in [0.5, 0.6) is 0 Å². The Hall–Kier alpha value is -2.95. The Bertz CT molecular complexity index is 1160. The lowest BCUT2D eigenvalue weighted by Gasteiger charge is -2.21. The Balaban J connectivity index is 1.83. The third-order valence-corrected chi connectivity index (χ3v) is 4.91. The number of pyridine rings is 1. The topological polar surface area (TPSA) is 67.5 Å². The predicted molar refractivity (Wildman–Crippen MR) is 99.1 cm³/mol. The van der Waals surface area contributed by atoms with E-state index in [-0.39, 0.29) is 5.43 Å². The van der Waals surface area contributed by atoms with Crippen LogP contribution in [0.1, 0.15) is 23.2 Å². The van der Waals surface area contributed by atoms with Crippen LogP contribution < -0.4 is 10.7 Å². The van der Waals surface area contributed by atoms with E-state index in [2.05, 4.69) is 15.3 Å². The second-order valence-electron chi connectivity index (χ2n) is 6.63. The minimum absolute atomic E-state index is 0.0229. The zero-order valence-electron chi connectivity index (χ0n) is 13.9. The van der Waals surface area contributed by atoms with Gasteiger partial charge in [0.2, 0.25) is 11.1 Å². The maximum absolute atomic E-state index is 13.0. The van der Waals surface area contributed by atoms with Crippen LogP contribution in [0.3, 0.4) is 0 Å². The predicted octanol–water partition coefficient (Wildman–Crippen LogP) is 2.98. The Morgan fingerprint density at radius 3 is 3.00 bits per heavy atom. The average Bonchev–Trinajstić information content (AvgIpc) is 2.87. The Kier molecular flexibility index (Phi) is 3.04. The molecule has 0 spiro atoms. The van der Waals surface area contributed by atoms with Gasteiger partial charge in [-0.3, -0.25) is 9.79 Å². The quantitative estimate of drug-likeness (QED) is 0.643. The summed E-state index contributed by atoms with van der Waals surface area (Å²) in [4.78, 5) is 22.1. The summed E-state index contributed by atoms with van der Waals surface area (Å²) < 4.78 is 5.93. The van der Waals surface area contributed by atoms with Crippen molar-refractivity contribution in [2.45, 2.75) is 19.8 Å². The number of nitrogens with one attached hydrogen (secondary N) is 1. The molecule has 0 radical (unpaired) electrons. The highest BCUT2D eigenvalue weighted by atomic mass is 16.3. The second kappa shape index (κ2) is 5.28. The standard InChI is InChI=1S/C20H17N3O2/c1-11-2-5-17-14(8-11)19(24)15-9-13-16(23-20(15)25-17)4-3-12-10-21-6-7-22-18(12)13/h2,5,8-10,22H,3-4,6-7H2,1H3. The summed E-state index contributed by atoms with van der Waals surface area (Å²) in [5, 5.41) is 4.59. The van der Waals surface area contributed by atoms with Crippen molar-refractivity contribution in [3.63, 3.8) is 0 Å². The molecule has 2 aliphatic rings. The normalized spacial score (nSPS) is 16.5. The highest BCUT2D eigenvalue weighted by molar-refractivity contribution is 5.95. The summed E-state index contributed by atoms with van der Waals surface area (Å²) in [6, 6.07) is 7.60. The SMILES string of the molecule is Cc1ccc2oc3nc4c(cc3c(=O)c2c1)C1=C(C=NCCN1)CC4. The van der Waals surface area contributed by atoms with Crippen molar-refractivity contribution in [2.24, 2.45) is 4.99 Å². The number of rotatable bonds is 0. The van der Waals surface area contributed by atoms with Crippen molar-refractivity contribution in [1.29, 1.82) is 0 Å². The van der Waals surface area contributed by atoms with Gasteiger partial charge in [0.25, 0.3) is 0 Å². The molecule has 0 bridgehead atoms. The summed E-state index contributed by atoms with van der Waals surface area (Å²) in [5.41, 5.74) is 6.25. The van der Waals surface area contributed by atoms with Gasteiger partial charge in [-0.05, 0) is 43.5 Å². The molecule has 1 N–H and O–H groups in total. The van der Waals surface area contributed by atoms with Crippen LogP contribution in [0.25, 0.3) is 27.8 Å². The number of aliphatic imine (C=N–C) groups is 1. The molecule has 3 aromatic rings. The first kappa shape index (κ1) is 14.4. The first-order valence-electron chi connectivity index (χ1n) is 8.55. The zero-order chi connectivity index (χ0) is 17.0. The van der Waals surface area contributed by atoms with E-state index in [9.17, 15) is 4.79 Å². The minimum atomic E-state index is -0.0229. The van der Waals surface area contributed by atoms with Crippen molar-refractivity contribution in [3.8, 4) is 0 Å². The Labute approximate surface area is 144 Å². The smallest absolute Gasteiger partial charge is 0.230 e. The molecule has 5 heteroatoms. The first-order chi connectivity index (χ1) is 12.2. The summed E-state index contributed by atoms with van der Waals surface area (Å²) >= 11 is 0. The molecule has 1 aliphatic heterocycles. The zero-order valence-corrected chi connectivity index (χ0v) is 13.9. The van der Waals surface area contributed by atoms with Crippen molar-refractivity contribution in [2.75, 3.05) is 13.1 Å². The van der Waals surface area contributed by atoms with Crippen LogP contribution in [0.2, 0.25) is 0 Å². The number of aromatic nitrogens is 1. The molecule has 0 unspecified atom stereocenters. The molecule has 1 aliphatic carbocycles. The molecule has 2 aromatic heterocycles. The third-order valence-electron chi connectivity index (χ3n) is 4.91. The van der Waals surface area contributed by atoms with Crippen molar-refractivity contribution in [1.82, 2.24) is 10.3 Å². The Morgan fingerprint density at radius 2 is 2.08 bits per heavy atom. The number of fused-ring (bicyclic) bond motifs is 4. The Morgan fingerprint density at radius 1 is 1.16 bits per heavy atom. The number of nitrogens with zero attached hydrogens (tertiary/aromatic N) is 2. The maximum Gasteiger partial charge on any atom is 0.230 e. The molecule has 0 atom stereocenters. The molecule has 5 rings (SSSR count). The number of allylic oxidation sites excluding steroid dienone is 1. The fourth-order valence-corrected chi connectivity index (χ4v) is 3.65. The molecule has 1 aromatic carbocycles. The van der Waals surface area contributed by atoms with Crippen LogP contribution in [0, 0.1) is 6.92 Å². The van der Waals surface area contributed by atoms with Gasteiger partial charge in [-0.2, -0.15) is 0 Å². The van der Waals surface area contributed by atoms with Crippen LogP contribution >= 0.6 is 0 Å². The van der Waals surface area contributed by atoms with Crippen LogP contribution in [0.15, 0.2) is 44.0 Å². The number of hydrogen-bond donors (Lipinski definition) is 1. The molecular weight excluding hydrogens is 314 g/mol. The monoisotopic (exact) mass is 331 g/mol. The number of aryl methyl sites for hydroxylation is 2. The average molecular weight is 331 g/mol.